The lowest BCUT2D eigenvalue weighted by Gasteiger charge is -2.16. The second kappa shape index (κ2) is 8.72. The number of aromatic nitrogens is 2. The Labute approximate surface area is 124 Å². The van der Waals surface area contributed by atoms with Crippen molar-refractivity contribution in [3.05, 3.63) is 54.6 Å². The Bertz CT molecular complexity index is 478. The molecule has 0 saturated heterocycles. The van der Waals surface area contributed by atoms with E-state index in [9.17, 15) is 0 Å². The fourth-order valence-electron chi connectivity index (χ4n) is 2.11. The Kier molecular flexibility index (Phi) is 6.54. The third kappa shape index (κ3) is 4.94. The maximum atomic E-state index is 8.93. The van der Waals surface area contributed by atoms with E-state index in [4.69, 9.17) is 5.11 Å². The van der Waals surface area contributed by atoms with Crippen LogP contribution in [0.2, 0.25) is 0 Å². The molecule has 0 saturated carbocycles. The summed E-state index contributed by atoms with van der Waals surface area (Å²) >= 11 is 1.84. The van der Waals surface area contributed by atoms with Crippen LogP contribution in [0.5, 0.6) is 0 Å². The molecule has 20 heavy (non-hydrogen) atoms. The second-order valence-corrected chi connectivity index (χ2v) is 5.79. The Hall–Kier alpha value is -1.39. The number of hydrogen-bond acceptors (Lipinski definition) is 4. The van der Waals surface area contributed by atoms with Crippen LogP contribution in [0, 0.1) is 0 Å². The summed E-state index contributed by atoms with van der Waals surface area (Å²) in [7, 11) is 0. The van der Waals surface area contributed by atoms with Crippen LogP contribution in [0.25, 0.3) is 0 Å². The van der Waals surface area contributed by atoms with Gasteiger partial charge in [0.05, 0.1) is 0 Å². The van der Waals surface area contributed by atoms with E-state index < -0.39 is 0 Å². The minimum absolute atomic E-state index is 0.277. The molecule has 1 unspecified atom stereocenters. The van der Waals surface area contributed by atoms with Crippen molar-refractivity contribution in [2.75, 3.05) is 12.4 Å². The highest BCUT2D eigenvalue weighted by atomic mass is 32.2. The van der Waals surface area contributed by atoms with E-state index >= 15 is 0 Å². The SMILES string of the molecule is OCCCCC(CSc1cccnc1)c1ccncc1. The van der Waals surface area contributed by atoms with Gasteiger partial charge in [0.25, 0.3) is 0 Å². The number of pyridine rings is 2. The zero-order chi connectivity index (χ0) is 14.0. The van der Waals surface area contributed by atoms with Crippen molar-refractivity contribution in [3.63, 3.8) is 0 Å². The number of aliphatic hydroxyl groups is 1. The smallest absolute Gasteiger partial charge is 0.0431 e. The van der Waals surface area contributed by atoms with E-state index in [0.717, 1.165) is 25.0 Å². The first-order valence-corrected chi connectivity index (χ1v) is 7.92. The molecule has 0 fully saturated rings. The van der Waals surface area contributed by atoms with Crippen molar-refractivity contribution < 1.29 is 5.11 Å². The minimum Gasteiger partial charge on any atom is -0.396 e. The molecule has 1 atom stereocenters. The Morgan fingerprint density at radius 3 is 2.60 bits per heavy atom. The molecule has 1 N–H and O–H groups in total. The molecule has 0 spiro atoms. The summed E-state index contributed by atoms with van der Waals surface area (Å²) in [5.74, 6) is 1.52. The monoisotopic (exact) mass is 288 g/mol. The Balaban J connectivity index is 1.95. The summed E-state index contributed by atoms with van der Waals surface area (Å²) < 4.78 is 0. The van der Waals surface area contributed by atoms with E-state index in [0.29, 0.717) is 5.92 Å². The molecular weight excluding hydrogens is 268 g/mol. The summed E-state index contributed by atoms with van der Waals surface area (Å²) in [5.41, 5.74) is 1.33. The average Bonchev–Trinajstić information content (AvgIpc) is 2.52. The predicted molar refractivity (Wildman–Crippen MR) is 82.9 cm³/mol. The van der Waals surface area contributed by atoms with Crippen LogP contribution in [-0.2, 0) is 0 Å². The fraction of sp³-hybridized carbons (Fsp3) is 0.375. The molecule has 0 aliphatic heterocycles. The minimum atomic E-state index is 0.277. The van der Waals surface area contributed by atoms with E-state index in [1.54, 1.807) is 6.20 Å². The van der Waals surface area contributed by atoms with Gasteiger partial charge in [0.15, 0.2) is 0 Å². The number of aliphatic hydroxyl groups excluding tert-OH is 1. The average molecular weight is 288 g/mol. The fourth-order valence-corrected chi connectivity index (χ4v) is 3.18. The lowest BCUT2D eigenvalue weighted by atomic mass is 9.96. The standard InChI is InChI=1S/C16H20N2OS/c19-11-2-1-4-15(14-6-9-17-10-7-14)13-20-16-5-3-8-18-12-16/h3,5-10,12,15,19H,1-2,4,11,13H2. The normalized spacial score (nSPS) is 12.2. The number of unbranched alkanes of at least 4 members (excludes halogenated alkanes) is 1. The molecule has 3 nitrogen and oxygen atoms in total. The van der Waals surface area contributed by atoms with Crippen molar-refractivity contribution in [1.82, 2.24) is 9.97 Å². The van der Waals surface area contributed by atoms with Crippen molar-refractivity contribution in [1.29, 1.82) is 0 Å². The molecule has 2 rings (SSSR count). The zero-order valence-electron chi connectivity index (χ0n) is 11.5. The highest BCUT2D eigenvalue weighted by Crippen LogP contribution is 2.29. The van der Waals surface area contributed by atoms with Gasteiger partial charge >= 0.3 is 0 Å². The first-order chi connectivity index (χ1) is 9.90. The highest BCUT2D eigenvalue weighted by Gasteiger charge is 2.12. The van der Waals surface area contributed by atoms with Gasteiger partial charge in [-0.15, -0.1) is 11.8 Å². The van der Waals surface area contributed by atoms with Crippen molar-refractivity contribution in [2.24, 2.45) is 0 Å². The van der Waals surface area contributed by atoms with Gasteiger partial charge in [-0.05, 0) is 48.6 Å². The highest BCUT2D eigenvalue weighted by molar-refractivity contribution is 7.99. The Morgan fingerprint density at radius 2 is 1.90 bits per heavy atom. The van der Waals surface area contributed by atoms with Gasteiger partial charge in [0, 0.05) is 42.0 Å². The molecule has 0 aromatic carbocycles. The van der Waals surface area contributed by atoms with Crippen LogP contribution < -0.4 is 0 Å². The van der Waals surface area contributed by atoms with E-state index in [1.807, 2.05) is 36.4 Å². The maximum Gasteiger partial charge on any atom is 0.0431 e. The van der Waals surface area contributed by atoms with Gasteiger partial charge in [-0.25, -0.2) is 0 Å². The van der Waals surface area contributed by atoms with Crippen LogP contribution in [-0.4, -0.2) is 27.4 Å². The number of thioether (sulfide) groups is 1. The number of rotatable bonds is 8. The van der Waals surface area contributed by atoms with Crippen molar-refractivity contribution in [2.45, 2.75) is 30.1 Å². The molecule has 2 heterocycles. The molecule has 0 aliphatic carbocycles. The molecule has 2 aromatic heterocycles. The molecule has 0 bridgehead atoms. The Morgan fingerprint density at radius 1 is 1.05 bits per heavy atom. The summed E-state index contributed by atoms with van der Waals surface area (Å²) in [6.45, 7) is 0.277. The lowest BCUT2D eigenvalue weighted by Crippen LogP contribution is -2.03. The van der Waals surface area contributed by atoms with Crippen LogP contribution in [0.4, 0.5) is 0 Å². The van der Waals surface area contributed by atoms with Gasteiger partial charge in [-0.2, -0.15) is 0 Å². The number of nitrogens with zero attached hydrogens (tertiary/aromatic N) is 2. The van der Waals surface area contributed by atoms with Gasteiger partial charge in [0.2, 0.25) is 0 Å². The van der Waals surface area contributed by atoms with E-state index in [2.05, 4.69) is 28.2 Å². The summed E-state index contributed by atoms with van der Waals surface area (Å²) in [6, 6.07) is 8.24. The van der Waals surface area contributed by atoms with E-state index in [-0.39, 0.29) is 6.61 Å². The molecule has 0 radical (unpaired) electrons. The van der Waals surface area contributed by atoms with Crippen LogP contribution in [0.3, 0.4) is 0 Å². The molecule has 106 valence electrons. The van der Waals surface area contributed by atoms with Crippen molar-refractivity contribution in [3.8, 4) is 0 Å². The van der Waals surface area contributed by atoms with Crippen molar-refractivity contribution >= 4 is 11.8 Å². The first kappa shape index (κ1) is 15.0. The second-order valence-electron chi connectivity index (χ2n) is 4.70. The lowest BCUT2D eigenvalue weighted by molar-refractivity contribution is 0.282. The predicted octanol–water partition coefficient (Wildman–Crippen LogP) is 3.52. The third-order valence-electron chi connectivity index (χ3n) is 3.22. The van der Waals surface area contributed by atoms with Gasteiger partial charge in [-0.1, -0.05) is 6.42 Å². The largest absolute Gasteiger partial charge is 0.396 e. The topological polar surface area (TPSA) is 46.0 Å². The molecule has 0 amide bonds. The number of hydrogen-bond donors (Lipinski definition) is 1. The molecular formula is C16H20N2OS. The third-order valence-corrected chi connectivity index (χ3v) is 4.37. The van der Waals surface area contributed by atoms with Crippen LogP contribution in [0.15, 0.2) is 53.9 Å². The molecule has 2 aromatic rings. The van der Waals surface area contributed by atoms with E-state index in [1.165, 1.54) is 10.5 Å². The molecule has 4 heteroatoms. The maximum absolute atomic E-state index is 8.93. The van der Waals surface area contributed by atoms with Crippen LogP contribution in [0.1, 0.15) is 30.7 Å². The molecule has 0 aliphatic rings. The first-order valence-electron chi connectivity index (χ1n) is 6.94. The van der Waals surface area contributed by atoms with Gasteiger partial charge in [-0.3, -0.25) is 9.97 Å². The summed E-state index contributed by atoms with van der Waals surface area (Å²) in [4.78, 5) is 9.44. The van der Waals surface area contributed by atoms with Gasteiger partial charge < -0.3 is 5.11 Å². The summed E-state index contributed by atoms with van der Waals surface area (Å²) in [6.07, 6.45) is 10.4. The quantitative estimate of drug-likeness (QED) is 0.596. The van der Waals surface area contributed by atoms with Crippen LogP contribution >= 0.6 is 11.8 Å². The van der Waals surface area contributed by atoms with Gasteiger partial charge in [0.1, 0.15) is 0 Å². The zero-order valence-corrected chi connectivity index (χ0v) is 12.3. The summed E-state index contributed by atoms with van der Waals surface area (Å²) in [5, 5.41) is 8.93.